The van der Waals surface area contributed by atoms with Crippen LogP contribution in [0.15, 0.2) is 42.5 Å². The van der Waals surface area contributed by atoms with E-state index in [1.165, 1.54) is 31.2 Å². The molecule has 2 aromatic carbocycles. The van der Waals surface area contributed by atoms with E-state index in [-0.39, 0.29) is 17.1 Å². The van der Waals surface area contributed by atoms with Crippen LogP contribution in [0.25, 0.3) is 0 Å². The number of nitrogens with one attached hydrogen (secondary N) is 1. The number of hydrogen-bond acceptors (Lipinski definition) is 4. The number of non-ortho nitro benzene ring substituents is 1. The molecule has 0 saturated heterocycles. The van der Waals surface area contributed by atoms with Gasteiger partial charge in [0, 0.05) is 6.07 Å². The zero-order valence-electron chi connectivity index (χ0n) is 12.0. The lowest BCUT2D eigenvalue weighted by Crippen LogP contribution is -2.30. The van der Waals surface area contributed by atoms with Crippen LogP contribution >= 0.6 is 23.2 Å². The summed E-state index contributed by atoms with van der Waals surface area (Å²) in [4.78, 5) is 22.3. The number of rotatable bonds is 5. The standard InChI is InChI=1S/C15H12Cl2N2O4/c1-9(23-11-5-2-4-10(8-11)19(21)22)15(20)18-14-12(16)6-3-7-13(14)17/h2-9H,1H3,(H,18,20)/t9-/m1/s1. The first-order chi connectivity index (χ1) is 10.9. The van der Waals surface area contributed by atoms with Gasteiger partial charge in [-0.25, -0.2) is 0 Å². The van der Waals surface area contributed by atoms with Gasteiger partial charge < -0.3 is 10.1 Å². The highest BCUT2D eigenvalue weighted by Crippen LogP contribution is 2.30. The molecule has 6 nitrogen and oxygen atoms in total. The van der Waals surface area contributed by atoms with Crippen LogP contribution in [0.2, 0.25) is 10.0 Å². The molecule has 0 aromatic heterocycles. The Balaban J connectivity index is 2.08. The third-order valence-electron chi connectivity index (χ3n) is 2.92. The normalized spacial score (nSPS) is 11.6. The van der Waals surface area contributed by atoms with Gasteiger partial charge in [-0.2, -0.15) is 0 Å². The lowest BCUT2D eigenvalue weighted by molar-refractivity contribution is -0.384. The monoisotopic (exact) mass is 354 g/mol. The van der Waals surface area contributed by atoms with Gasteiger partial charge in [0.2, 0.25) is 0 Å². The second-order valence-corrected chi connectivity index (χ2v) is 5.41. The Bertz CT molecular complexity index is 732. The molecule has 1 N–H and O–H groups in total. The minimum absolute atomic E-state index is 0.121. The molecule has 120 valence electrons. The van der Waals surface area contributed by atoms with Crippen LogP contribution in [-0.2, 0) is 4.79 Å². The molecular formula is C15H12Cl2N2O4. The minimum Gasteiger partial charge on any atom is -0.481 e. The Morgan fingerprint density at radius 1 is 1.22 bits per heavy atom. The van der Waals surface area contributed by atoms with Crippen molar-refractivity contribution < 1.29 is 14.5 Å². The van der Waals surface area contributed by atoms with Gasteiger partial charge in [0.15, 0.2) is 6.10 Å². The molecule has 1 amide bonds. The summed E-state index contributed by atoms with van der Waals surface area (Å²) in [5.41, 5.74) is 0.166. The lowest BCUT2D eigenvalue weighted by Gasteiger charge is -2.16. The van der Waals surface area contributed by atoms with Crippen LogP contribution in [0.3, 0.4) is 0 Å². The second kappa shape index (κ2) is 7.30. The zero-order valence-corrected chi connectivity index (χ0v) is 13.5. The Hall–Kier alpha value is -2.31. The van der Waals surface area contributed by atoms with Gasteiger partial charge in [0.05, 0.1) is 26.7 Å². The van der Waals surface area contributed by atoms with Crippen molar-refractivity contribution in [3.8, 4) is 5.75 Å². The van der Waals surface area contributed by atoms with Gasteiger partial charge in [0.1, 0.15) is 5.75 Å². The first-order valence-corrected chi connectivity index (χ1v) is 7.30. The van der Waals surface area contributed by atoms with E-state index in [1.54, 1.807) is 18.2 Å². The molecule has 0 aliphatic carbocycles. The highest BCUT2D eigenvalue weighted by Gasteiger charge is 2.18. The fraction of sp³-hybridized carbons (Fsp3) is 0.133. The Morgan fingerprint density at radius 2 is 1.83 bits per heavy atom. The summed E-state index contributed by atoms with van der Waals surface area (Å²) in [7, 11) is 0. The van der Waals surface area contributed by atoms with E-state index in [2.05, 4.69) is 5.32 Å². The highest BCUT2D eigenvalue weighted by atomic mass is 35.5. The molecule has 0 saturated carbocycles. The molecule has 1 atom stereocenters. The number of ether oxygens (including phenoxy) is 1. The molecule has 0 fully saturated rings. The molecule has 0 aliphatic heterocycles. The average Bonchev–Trinajstić information content (AvgIpc) is 2.51. The van der Waals surface area contributed by atoms with Crippen LogP contribution in [0.5, 0.6) is 5.75 Å². The number of nitro groups is 1. The van der Waals surface area contributed by atoms with Gasteiger partial charge in [0.25, 0.3) is 11.6 Å². The highest BCUT2D eigenvalue weighted by molar-refractivity contribution is 6.39. The number of nitro benzene ring substituents is 1. The van der Waals surface area contributed by atoms with Crippen LogP contribution in [0, 0.1) is 10.1 Å². The quantitative estimate of drug-likeness (QED) is 0.640. The molecule has 8 heteroatoms. The third kappa shape index (κ3) is 4.34. The first kappa shape index (κ1) is 17.1. The molecule has 2 aromatic rings. The van der Waals surface area contributed by atoms with E-state index in [9.17, 15) is 14.9 Å². The maximum absolute atomic E-state index is 12.2. The maximum atomic E-state index is 12.2. The number of carbonyl (C=O) groups is 1. The Morgan fingerprint density at radius 3 is 2.43 bits per heavy atom. The van der Waals surface area contributed by atoms with Gasteiger partial charge in [-0.3, -0.25) is 14.9 Å². The first-order valence-electron chi connectivity index (χ1n) is 6.54. The molecule has 0 bridgehead atoms. The third-order valence-corrected chi connectivity index (χ3v) is 3.55. The largest absolute Gasteiger partial charge is 0.481 e. The molecule has 2 rings (SSSR count). The summed E-state index contributed by atoms with van der Waals surface area (Å²) in [6, 6.07) is 10.4. The minimum atomic E-state index is -0.899. The van der Waals surface area contributed by atoms with Gasteiger partial charge >= 0.3 is 0 Å². The number of para-hydroxylation sites is 1. The number of amides is 1. The van der Waals surface area contributed by atoms with Crippen LogP contribution < -0.4 is 10.1 Å². The lowest BCUT2D eigenvalue weighted by atomic mass is 10.2. The molecule has 0 unspecified atom stereocenters. The number of nitrogens with zero attached hydrogens (tertiary/aromatic N) is 1. The topological polar surface area (TPSA) is 81.5 Å². The van der Waals surface area contributed by atoms with Gasteiger partial charge in [-0.05, 0) is 25.1 Å². The van der Waals surface area contributed by atoms with Gasteiger partial charge in [-0.15, -0.1) is 0 Å². The van der Waals surface area contributed by atoms with E-state index in [0.717, 1.165) is 0 Å². The van der Waals surface area contributed by atoms with E-state index in [0.29, 0.717) is 10.0 Å². The Labute approximate surface area is 142 Å². The summed E-state index contributed by atoms with van der Waals surface area (Å²) in [5.74, 6) is -0.265. The summed E-state index contributed by atoms with van der Waals surface area (Å²) >= 11 is 12.0. The van der Waals surface area contributed by atoms with Crippen molar-refractivity contribution in [3.63, 3.8) is 0 Å². The fourth-order valence-electron chi connectivity index (χ4n) is 1.77. The SMILES string of the molecule is C[C@@H](Oc1cccc([N+](=O)[O-])c1)C(=O)Nc1c(Cl)cccc1Cl. The van der Waals surface area contributed by atoms with E-state index >= 15 is 0 Å². The number of hydrogen-bond donors (Lipinski definition) is 1. The molecule has 23 heavy (non-hydrogen) atoms. The molecule has 0 heterocycles. The average molecular weight is 355 g/mol. The predicted octanol–water partition coefficient (Wildman–Crippen LogP) is 4.31. The molecular weight excluding hydrogens is 343 g/mol. The van der Waals surface area contributed by atoms with Crippen molar-refractivity contribution in [2.24, 2.45) is 0 Å². The van der Waals surface area contributed by atoms with Crippen molar-refractivity contribution in [2.45, 2.75) is 13.0 Å². The van der Waals surface area contributed by atoms with Crippen molar-refractivity contribution in [3.05, 3.63) is 62.6 Å². The smallest absolute Gasteiger partial charge is 0.273 e. The van der Waals surface area contributed by atoms with Crippen LogP contribution in [0.4, 0.5) is 11.4 Å². The predicted molar refractivity (Wildman–Crippen MR) is 88.3 cm³/mol. The molecule has 0 spiro atoms. The number of benzene rings is 2. The molecule has 0 aliphatic rings. The number of carbonyl (C=O) groups excluding carboxylic acids is 1. The van der Waals surface area contributed by atoms with Crippen LogP contribution in [-0.4, -0.2) is 16.9 Å². The number of anilines is 1. The summed E-state index contributed by atoms with van der Waals surface area (Å²) in [5, 5.41) is 13.9. The fourth-order valence-corrected chi connectivity index (χ4v) is 2.26. The molecule has 0 radical (unpaired) electrons. The summed E-state index contributed by atoms with van der Waals surface area (Å²) in [6.07, 6.45) is -0.899. The van der Waals surface area contributed by atoms with Crippen molar-refractivity contribution in [2.75, 3.05) is 5.32 Å². The second-order valence-electron chi connectivity index (χ2n) is 4.60. The summed E-state index contributed by atoms with van der Waals surface area (Å²) < 4.78 is 5.42. The van der Waals surface area contributed by atoms with Crippen molar-refractivity contribution in [1.29, 1.82) is 0 Å². The zero-order chi connectivity index (χ0) is 17.0. The maximum Gasteiger partial charge on any atom is 0.273 e. The van der Waals surface area contributed by atoms with Gasteiger partial charge in [-0.1, -0.05) is 35.3 Å². The van der Waals surface area contributed by atoms with E-state index < -0.39 is 16.9 Å². The van der Waals surface area contributed by atoms with E-state index in [4.69, 9.17) is 27.9 Å². The van der Waals surface area contributed by atoms with E-state index in [1.807, 2.05) is 0 Å². The number of halogens is 2. The summed E-state index contributed by atoms with van der Waals surface area (Å²) in [6.45, 7) is 1.51. The van der Waals surface area contributed by atoms with Crippen LogP contribution in [0.1, 0.15) is 6.92 Å². The Kier molecular flexibility index (Phi) is 5.41. The van der Waals surface area contributed by atoms with Crippen molar-refractivity contribution in [1.82, 2.24) is 0 Å². The van der Waals surface area contributed by atoms with Crippen molar-refractivity contribution >= 4 is 40.5 Å².